The van der Waals surface area contributed by atoms with Crippen LogP contribution >= 0.6 is 0 Å². The average Bonchev–Trinajstić information content (AvgIpc) is 2.35. The lowest BCUT2D eigenvalue weighted by atomic mass is 9.97. The molecule has 1 aromatic carbocycles. The lowest BCUT2D eigenvalue weighted by Crippen LogP contribution is -2.04. The van der Waals surface area contributed by atoms with Gasteiger partial charge >= 0.3 is 0 Å². The molecule has 92 valence electrons. The summed E-state index contributed by atoms with van der Waals surface area (Å²) in [7, 11) is 0. The molecule has 2 heteroatoms. The fourth-order valence-electron chi connectivity index (χ4n) is 2.28. The highest BCUT2D eigenvalue weighted by Crippen LogP contribution is 2.21. The van der Waals surface area contributed by atoms with Gasteiger partial charge in [-0.1, -0.05) is 11.6 Å². The lowest BCUT2D eigenvalue weighted by Gasteiger charge is -2.14. The second-order valence-corrected chi connectivity index (χ2v) is 4.86. The summed E-state index contributed by atoms with van der Waals surface area (Å²) in [6, 6.07) is 6.14. The molecule has 0 aliphatic heterocycles. The topological polar surface area (TPSA) is 38.0 Å². The maximum absolute atomic E-state index is 5.80. The molecule has 17 heavy (non-hydrogen) atoms. The van der Waals surface area contributed by atoms with Gasteiger partial charge in [0.1, 0.15) is 0 Å². The van der Waals surface area contributed by atoms with Crippen molar-refractivity contribution in [3.8, 4) is 0 Å². The number of hydrogen-bond donors (Lipinski definition) is 2. The van der Waals surface area contributed by atoms with E-state index in [1.54, 1.807) is 5.57 Å². The van der Waals surface area contributed by atoms with Crippen LogP contribution in [0.1, 0.15) is 37.7 Å². The van der Waals surface area contributed by atoms with Crippen LogP contribution in [0.4, 0.5) is 11.4 Å². The molecule has 3 N–H and O–H groups in total. The van der Waals surface area contributed by atoms with E-state index in [4.69, 9.17) is 5.73 Å². The number of nitrogens with one attached hydrogen (secondary N) is 1. The van der Waals surface area contributed by atoms with Crippen LogP contribution in [0.3, 0.4) is 0 Å². The number of allylic oxidation sites excluding steroid dienone is 1. The zero-order valence-corrected chi connectivity index (χ0v) is 10.6. The molecule has 0 saturated heterocycles. The first-order chi connectivity index (χ1) is 8.25. The van der Waals surface area contributed by atoms with Crippen LogP contribution in [-0.2, 0) is 0 Å². The molecule has 2 rings (SSSR count). The van der Waals surface area contributed by atoms with Gasteiger partial charge in [0.2, 0.25) is 0 Å². The molecule has 2 nitrogen and oxygen atoms in total. The molecule has 0 radical (unpaired) electrons. The fraction of sp³-hybridized carbons (Fsp3) is 0.467. The maximum atomic E-state index is 5.80. The Morgan fingerprint density at radius 3 is 2.88 bits per heavy atom. The first kappa shape index (κ1) is 12.0. The molecule has 0 bridgehead atoms. The van der Waals surface area contributed by atoms with E-state index in [1.165, 1.54) is 37.8 Å². The van der Waals surface area contributed by atoms with Crippen LogP contribution in [0, 0.1) is 6.92 Å². The van der Waals surface area contributed by atoms with E-state index in [0.717, 1.165) is 17.8 Å². The Morgan fingerprint density at radius 1 is 1.29 bits per heavy atom. The molecule has 1 aliphatic carbocycles. The predicted molar refractivity (Wildman–Crippen MR) is 75.2 cm³/mol. The highest BCUT2D eigenvalue weighted by molar-refractivity contribution is 5.56. The van der Waals surface area contributed by atoms with Crippen molar-refractivity contribution >= 4 is 11.4 Å². The SMILES string of the molecule is Cc1cc(NCCC2=CCCCC2)ccc1N. The Morgan fingerprint density at radius 2 is 2.18 bits per heavy atom. The molecule has 0 spiro atoms. The largest absolute Gasteiger partial charge is 0.399 e. The minimum atomic E-state index is 0.866. The average molecular weight is 230 g/mol. The molecular formula is C15H22N2. The van der Waals surface area contributed by atoms with Gasteiger partial charge in [0.15, 0.2) is 0 Å². The highest BCUT2D eigenvalue weighted by atomic mass is 14.9. The summed E-state index contributed by atoms with van der Waals surface area (Å²) in [6.07, 6.45) is 8.89. The Kier molecular flexibility index (Phi) is 4.08. The van der Waals surface area contributed by atoms with Crippen LogP contribution in [-0.4, -0.2) is 6.54 Å². The zero-order valence-electron chi connectivity index (χ0n) is 10.6. The van der Waals surface area contributed by atoms with Crippen LogP contribution in [0.25, 0.3) is 0 Å². The molecule has 0 amide bonds. The van der Waals surface area contributed by atoms with Crippen LogP contribution in [0.5, 0.6) is 0 Å². The quantitative estimate of drug-likeness (QED) is 0.608. The number of nitrogen functional groups attached to an aromatic ring is 1. The monoisotopic (exact) mass is 230 g/mol. The van der Waals surface area contributed by atoms with E-state index < -0.39 is 0 Å². The number of hydrogen-bond acceptors (Lipinski definition) is 2. The second kappa shape index (κ2) is 5.76. The summed E-state index contributed by atoms with van der Waals surface area (Å²) < 4.78 is 0. The van der Waals surface area contributed by atoms with Gasteiger partial charge in [-0.2, -0.15) is 0 Å². The van der Waals surface area contributed by atoms with Crippen molar-refractivity contribution in [1.29, 1.82) is 0 Å². The van der Waals surface area contributed by atoms with Crippen molar-refractivity contribution < 1.29 is 0 Å². The minimum Gasteiger partial charge on any atom is -0.399 e. The summed E-state index contributed by atoms with van der Waals surface area (Å²) >= 11 is 0. The zero-order chi connectivity index (χ0) is 12.1. The van der Waals surface area contributed by atoms with Crippen molar-refractivity contribution in [2.45, 2.75) is 39.0 Å². The van der Waals surface area contributed by atoms with Crippen molar-refractivity contribution in [3.05, 3.63) is 35.4 Å². The number of rotatable bonds is 4. The Labute approximate surface area is 104 Å². The smallest absolute Gasteiger partial charge is 0.0345 e. The Hall–Kier alpha value is -1.44. The summed E-state index contributed by atoms with van der Waals surface area (Å²) in [6.45, 7) is 3.07. The van der Waals surface area contributed by atoms with Gasteiger partial charge in [0.25, 0.3) is 0 Å². The maximum Gasteiger partial charge on any atom is 0.0345 e. The Balaban J connectivity index is 1.81. The summed E-state index contributed by atoms with van der Waals surface area (Å²) in [5.41, 5.74) is 10.6. The number of benzene rings is 1. The molecule has 0 saturated carbocycles. The molecule has 1 aliphatic rings. The normalized spacial score (nSPS) is 15.5. The van der Waals surface area contributed by atoms with E-state index in [0.29, 0.717) is 0 Å². The van der Waals surface area contributed by atoms with Gasteiger partial charge in [0.05, 0.1) is 0 Å². The third kappa shape index (κ3) is 3.52. The standard InChI is InChI=1S/C15H22N2/c1-12-11-14(7-8-15(12)16)17-10-9-13-5-3-2-4-6-13/h5,7-8,11,17H,2-4,6,9-10,16H2,1H3. The molecular weight excluding hydrogens is 208 g/mol. The first-order valence-electron chi connectivity index (χ1n) is 6.53. The molecule has 0 aromatic heterocycles. The van der Waals surface area contributed by atoms with Gasteiger partial charge in [-0.15, -0.1) is 0 Å². The summed E-state index contributed by atoms with van der Waals surface area (Å²) in [5.74, 6) is 0. The molecule has 1 aromatic rings. The van der Waals surface area contributed by atoms with Gasteiger partial charge < -0.3 is 11.1 Å². The molecule has 0 atom stereocenters. The van der Waals surface area contributed by atoms with E-state index >= 15 is 0 Å². The second-order valence-electron chi connectivity index (χ2n) is 4.86. The number of nitrogens with two attached hydrogens (primary N) is 1. The summed E-state index contributed by atoms with van der Waals surface area (Å²) in [4.78, 5) is 0. The molecule has 0 heterocycles. The van der Waals surface area contributed by atoms with E-state index in [1.807, 2.05) is 13.0 Å². The van der Waals surface area contributed by atoms with Crippen LogP contribution in [0.15, 0.2) is 29.8 Å². The number of anilines is 2. The van der Waals surface area contributed by atoms with Gasteiger partial charge in [-0.05, 0) is 62.8 Å². The van der Waals surface area contributed by atoms with Gasteiger partial charge in [-0.3, -0.25) is 0 Å². The highest BCUT2D eigenvalue weighted by Gasteiger charge is 2.03. The first-order valence-corrected chi connectivity index (χ1v) is 6.53. The van der Waals surface area contributed by atoms with Crippen molar-refractivity contribution in [2.75, 3.05) is 17.6 Å². The van der Waals surface area contributed by atoms with E-state index in [9.17, 15) is 0 Å². The third-order valence-corrected chi connectivity index (χ3v) is 3.43. The minimum absolute atomic E-state index is 0.866. The summed E-state index contributed by atoms with van der Waals surface area (Å²) in [5, 5.41) is 3.46. The van der Waals surface area contributed by atoms with E-state index in [2.05, 4.69) is 23.5 Å². The van der Waals surface area contributed by atoms with Gasteiger partial charge in [0, 0.05) is 17.9 Å². The van der Waals surface area contributed by atoms with Crippen LogP contribution in [0.2, 0.25) is 0 Å². The lowest BCUT2D eigenvalue weighted by molar-refractivity contribution is 0.679. The van der Waals surface area contributed by atoms with Gasteiger partial charge in [-0.25, -0.2) is 0 Å². The predicted octanol–water partition coefficient (Wildman–Crippen LogP) is 3.88. The van der Waals surface area contributed by atoms with Crippen molar-refractivity contribution in [2.24, 2.45) is 0 Å². The Bertz CT molecular complexity index is 407. The molecule has 0 fully saturated rings. The van der Waals surface area contributed by atoms with Crippen LogP contribution < -0.4 is 11.1 Å². The number of aryl methyl sites for hydroxylation is 1. The fourth-order valence-corrected chi connectivity index (χ4v) is 2.28. The third-order valence-electron chi connectivity index (χ3n) is 3.43. The van der Waals surface area contributed by atoms with Crippen molar-refractivity contribution in [3.63, 3.8) is 0 Å². The molecule has 0 unspecified atom stereocenters. The van der Waals surface area contributed by atoms with E-state index in [-0.39, 0.29) is 0 Å². The van der Waals surface area contributed by atoms with Crippen molar-refractivity contribution in [1.82, 2.24) is 0 Å².